The number of benzene rings is 3. The number of hydrogen-bond acceptors (Lipinski definition) is 6. The smallest absolute Gasteiger partial charge is 0.264 e. The SMILES string of the molecule is C[C@@H]1[C@@H]([Si](C)(C)O)[C@H](CC(=O)N2CCC[C@H]2CO)O[C@@]12C(=O)N(Cc1ccc(N3C(=O)CCc4ccccc43)cc1)c1ccccc12. The second-order valence-corrected chi connectivity index (χ2v) is 18.0. The third kappa shape index (κ3) is 5.22. The first-order valence-electron chi connectivity index (χ1n) is 16.8. The topological polar surface area (TPSA) is 111 Å². The maximum absolute atomic E-state index is 14.7. The zero-order valence-electron chi connectivity index (χ0n) is 27.3. The fourth-order valence-electron chi connectivity index (χ4n) is 8.68. The minimum atomic E-state index is -2.92. The Labute approximate surface area is 276 Å². The van der Waals surface area contributed by atoms with Crippen LogP contribution in [0.15, 0.2) is 72.8 Å². The normalized spacial score (nSPS) is 27.1. The van der Waals surface area contributed by atoms with Crippen LogP contribution in [0.1, 0.15) is 49.3 Å². The van der Waals surface area contributed by atoms with Gasteiger partial charge >= 0.3 is 0 Å². The van der Waals surface area contributed by atoms with Gasteiger partial charge in [-0.1, -0.05) is 55.5 Å². The number of aryl methyl sites for hydroxylation is 1. The third-order valence-electron chi connectivity index (χ3n) is 10.8. The van der Waals surface area contributed by atoms with E-state index in [1.807, 2.05) is 86.7 Å². The highest BCUT2D eigenvalue weighted by atomic mass is 28.4. The molecule has 5 atom stereocenters. The summed E-state index contributed by atoms with van der Waals surface area (Å²) in [5.74, 6) is -0.609. The molecule has 0 aromatic heterocycles. The van der Waals surface area contributed by atoms with E-state index < -0.39 is 20.0 Å². The number of aliphatic hydroxyl groups is 1. The lowest BCUT2D eigenvalue weighted by Gasteiger charge is -2.33. The maximum atomic E-state index is 14.7. The Morgan fingerprint density at radius 2 is 1.68 bits per heavy atom. The van der Waals surface area contributed by atoms with E-state index in [1.54, 1.807) is 14.7 Å². The molecule has 3 aromatic rings. The molecule has 4 aliphatic rings. The van der Waals surface area contributed by atoms with Gasteiger partial charge in [0.25, 0.3) is 5.91 Å². The molecule has 0 aliphatic carbocycles. The number of ether oxygens (including phenoxy) is 1. The number of para-hydroxylation sites is 2. The van der Waals surface area contributed by atoms with Crippen molar-refractivity contribution < 1.29 is 29.0 Å². The summed E-state index contributed by atoms with van der Waals surface area (Å²) < 4.78 is 6.84. The van der Waals surface area contributed by atoms with Gasteiger partial charge in [0.15, 0.2) is 13.9 Å². The lowest BCUT2D eigenvalue weighted by atomic mass is 9.82. The van der Waals surface area contributed by atoms with Crippen LogP contribution in [-0.4, -0.2) is 66.1 Å². The van der Waals surface area contributed by atoms with Crippen LogP contribution in [0, 0.1) is 5.92 Å². The predicted octanol–water partition coefficient (Wildman–Crippen LogP) is 5.02. The number of carbonyl (C=O) groups is 3. The highest BCUT2D eigenvalue weighted by Crippen LogP contribution is 2.59. The highest BCUT2D eigenvalue weighted by molar-refractivity contribution is 6.71. The van der Waals surface area contributed by atoms with Crippen LogP contribution in [0.3, 0.4) is 0 Å². The summed E-state index contributed by atoms with van der Waals surface area (Å²) in [6.07, 6.45) is 2.22. The number of likely N-dealkylation sites (tertiary alicyclic amines) is 1. The van der Waals surface area contributed by atoms with Gasteiger partial charge in [0, 0.05) is 35.7 Å². The van der Waals surface area contributed by atoms with Crippen molar-refractivity contribution in [1.29, 1.82) is 0 Å². The lowest BCUT2D eigenvalue weighted by Crippen LogP contribution is -2.46. The van der Waals surface area contributed by atoms with Crippen LogP contribution in [0.2, 0.25) is 18.6 Å². The average Bonchev–Trinajstić information content (AvgIpc) is 3.72. The summed E-state index contributed by atoms with van der Waals surface area (Å²) >= 11 is 0. The van der Waals surface area contributed by atoms with Gasteiger partial charge in [-0.25, -0.2) is 0 Å². The van der Waals surface area contributed by atoms with Crippen LogP contribution in [-0.2, 0) is 37.7 Å². The molecule has 1 spiro atoms. The van der Waals surface area contributed by atoms with Gasteiger partial charge in [0.1, 0.15) is 0 Å². The molecule has 4 aliphatic heterocycles. The Kier molecular flexibility index (Phi) is 8.11. The van der Waals surface area contributed by atoms with Crippen LogP contribution < -0.4 is 9.80 Å². The lowest BCUT2D eigenvalue weighted by molar-refractivity contribution is -0.150. The summed E-state index contributed by atoms with van der Waals surface area (Å²) in [5, 5.41) is 9.84. The Bertz CT molecular complexity index is 1710. The number of carbonyl (C=O) groups excluding carboxylic acids is 3. The number of hydrogen-bond donors (Lipinski definition) is 2. The second-order valence-electron chi connectivity index (χ2n) is 14.1. The fourth-order valence-corrected chi connectivity index (χ4v) is 11.2. The van der Waals surface area contributed by atoms with E-state index in [4.69, 9.17) is 4.74 Å². The van der Waals surface area contributed by atoms with Crippen LogP contribution in [0.5, 0.6) is 0 Å². The molecule has 2 fully saturated rings. The molecular formula is C37H43N3O6Si. The fraction of sp³-hybridized carbons (Fsp3) is 0.432. The second kappa shape index (κ2) is 12.0. The first-order chi connectivity index (χ1) is 22.5. The van der Waals surface area contributed by atoms with Gasteiger partial charge in [0.05, 0.1) is 43.1 Å². The standard InChI is InChI=1S/C37H43N3O6Si/c1-24-35(47(2,3)45)32(21-34(43)38-20-8-10-28(38)23-41)46-37(24)29-11-5-7-13-31(29)39(36(37)44)22-25-14-17-27(18-15-25)40-30-12-6-4-9-26(30)16-19-33(40)42/h4-7,9,11-15,17-18,24,28,32,35,41,45H,8,10,16,19-23H2,1-3H3/t24-,28+,32+,35-,37+/m1/s1. The van der Waals surface area contributed by atoms with Crippen LogP contribution in [0.25, 0.3) is 0 Å². The van der Waals surface area contributed by atoms with Crippen molar-refractivity contribution >= 4 is 43.1 Å². The monoisotopic (exact) mass is 653 g/mol. The molecule has 10 heteroatoms. The van der Waals surface area contributed by atoms with Crippen LogP contribution in [0.4, 0.5) is 17.1 Å². The molecule has 0 unspecified atom stereocenters. The molecule has 2 N–H and O–H groups in total. The molecule has 7 rings (SSSR count). The van der Waals surface area contributed by atoms with Gasteiger partial charge < -0.3 is 24.4 Å². The maximum Gasteiger partial charge on any atom is 0.264 e. The minimum Gasteiger partial charge on any atom is -0.432 e. The van der Waals surface area contributed by atoms with E-state index in [9.17, 15) is 24.3 Å². The van der Waals surface area contributed by atoms with Crippen molar-refractivity contribution in [1.82, 2.24) is 4.90 Å². The summed E-state index contributed by atoms with van der Waals surface area (Å²) in [4.78, 5) is 58.1. The van der Waals surface area contributed by atoms with E-state index in [0.717, 1.165) is 53.0 Å². The van der Waals surface area contributed by atoms with E-state index in [-0.39, 0.29) is 48.3 Å². The average molecular weight is 654 g/mol. The molecule has 0 saturated carbocycles. The van der Waals surface area contributed by atoms with Crippen molar-refractivity contribution in [2.45, 2.75) is 82.0 Å². The Hall–Kier alpha value is -3.83. The number of nitrogens with zero attached hydrogens (tertiary/aromatic N) is 3. The van der Waals surface area contributed by atoms with Crippen LogP contribution >= 0.6 is 0 Å². The third-order valence-corrected chi connectivity index (χ3v) is 13.3. The largest absolute Gasteiger partial charge is 0.432 e. The number of anilines is 3. The molecule has 3 aromatic carbocycles. The quantitative estimate of drug-likeness (QED) is 0.347. The number of fused-ring (bicyclic) bond motifs is 3. The molecule has 0 radical (unpaired) electrons. The summed E-state index contributed by atoms with van der Waals surface area (Å²) in [6, 6.07) is 23.2. The van der Waals surface area contributed by atoms with Gasteiger partial charge in [-0.15, -0.1) is 0 Å². The van der Waals surface area contributed by atoms with Crippen molar-refractivity contribution in [2.24, 2.45) is 5.92 Å². The van der Waals surface area contributed by atoms with Crippen molar-refractivity contribution in [3.05, 3.63) is 89.5 Å². The first-order valence-corrected chi connectivity index (χ1v) is 19.8. The highest BCUT2D eigenvalue weighted by Gasteiger charge is 2.66. The summed E-state index contributed by atoms with van der Waals surface area (Å²) in [5.41, 5.74) is 3.58. The van der Waals surface area contributed by atoms with Crippen molar-refractivity contribution in [3.8, 4) is 0 Å². The molecule has 9 nitrogen and oxygen atoms in total. The van der Waals surface area contributed by atoms with E-state index >= 15 is 0 Å². The van der Waals surface area contributed by atoms with E-state index in [2.05, 4.69) is 6.07 Å². The molecule has 3 amide bonds. The number of rotatable bonds is 7. The molecule has 246 valence electrons. The molecule has 2 saturated heterocycles. The van der Waals surface area contributed by atoms with E-state index in [0.29, 0.717) is 19.5 Å². The zero-order chi connectivity index (χ0) is 33.1. The molecule has 47 heavy (non-hydrogen) atoms. The van der Waals surface area contributed by atoms with Gasteiger partial charge in [-0.05, 0) is 67.7 Å². The predicted molar refractivity (Wildman–Crippen MR) is 182 cm³/mol. The molecule has 4 heterocycles. The summed E-state index contributed by atoms with van der Waals surface area (Å²) in [7, 11) is -2.92. The van der Waals surface area contributed by atoms with E-state index in [1.165, 1.54) is 0 Å². The Morgan fingerprint density at radius 1 is 0.979 bits per heavy atom. The number of aliphatic hydroxyl groups excluding tert-OH is 1. The van der Waals surface area contributed by atoms with Gasteiger partial charge in [-0.2, -0.15) is 0 Å². The molecular weight excluding hydrogens is 611 g/mol. The molecule has 0 bridgehead atoms. The van der Waals surface area contributed by atoms with Gasteiger partial charge in [0.2, 0.25) is 11.8 Å². The first kappa shape index (κ1) is 31.8. The number of amides is 3. The Balaban J connectivity index is 1.18. The minimum absolute atomic E-state index is 0.0551. The van der Waals surface area contributed by atoms with Crippen molar-refractivity contribution in [2.75, 3.05) is 23.0 Å². The Morgan fingerprint density at radius 3 is 2.40 bits per heavy atom. The summed E-state index contributed by atoms with van der Waals surface area (Å²) in [6.45, 7) is 6.51. The van der Waals surface area contributed by atoms with Crippen molar-refractivity contribution in [3.63, 3.8) is 0 Å². The van der Waals surface area contributed by atoms with Gasteiger partial charge in [-0.3, -0.25) is 19.3 Å². The zero-order valence-corrected chi connectivity index (χ0v) is 28.3.